The van der Waals surface area contributed by atoms with Crippen LogP contribution in [0.5, 0.6) is 5.75 Å². The zero-order valence-electron chi connectivity index (χ0n) is 10.2. The average molecular weight is 229 g/mol. The van der Waals surface area contributed by atoms with Crippen LogP contribution in [0.4, 0.5) is 5.95 Å². The summed E-state index contributed by atoms with van der Waals surface area (Å²) in [5, 5.41) is 0. The van der Waals surface area contributed by atoms with E-state index in [9.17, 15) is 0 Å². The van der Waals surface area contributed by atoms with E-state index in [1.54, 1.807) is 13.3 Å². The van der Waals surface area contributed by atoms with Gasteiger partial charge in [-0.1, -0.05) is 0 Å². The Kier molecular flexibility index (Phi) is 2.95. The molecule has 0 atom stereocenters. The van der Waals surface area contributed by atoms with Crippen LogP contribution < -0.4 is 10.5 Å². The minimum Gasteiger partial charge on any atom is -0.496 e. The van der Waals surface area contributed by atoms with Crippen LogP contribution in [0.15, 0.2) is 24.4 Å². The first-order chi connectivity index (χ1) is 8.11. The SMILES string of the molecule is COc1cc(C)c(-c2ccnc(N)n2)cc1C. The molecule has 2 N–H and O–H groups in total. The van der Waals surface area contributed by atoms with E-state index in [4.69, 9.17) is 10.5 Å². The molecule has 0 bridgehead atoms. The molecule has 0 amide bonds. The molecule has 1 aromatic heterocycles. The van der Waals surface area contributed by atoms with Gasteiger partial charge in [0.1, 0.15) is 5.75 Å². The highest BCUT2D eigenvalue weighted by Gasteiger charge is 2.08. The molecule has 0 aliphatic rings. The minimum atomic E-state index is 0.287. The number of rotatable bonds is 2. The van der Waals surface area contributed by atoms with Crippen molar-refractivity contribution in [1.82, 2.24) is 9.97 Å². The van der Waals surface area contributed by atoms with E-state index in [2.05, 4.69) is 16.0 Å². The third kappa shape index (κ3) is 2.20. The number of benzene rings is 1. The molecule has 0 saturated heterocycles. The number of aromatic nitrogens is 2. The largest absolute Gasteiger partial charge is 0.496 e. The van der Waals surface area contributed by atoms with E-state index < -0.39 is 0 Å². The van der Waals surface area contributed by atoms with Gasteiger partial charge in [-0.15, -0.1) is 0 Å². The van der Waals surface area contributed by atoms with Crippen molar-refractivity contribution in [1.29, 1.82) is 0 Å². The third-order valence-corrected chi connectivity index (χ3v) is 2.69. The van der Waals surface area contributed by atoms with Crippen molar-refractivity contribution in [2.75, 3.05) is 12.8 Å². The number of methoxy groups -OCH3 is 1. The van der Waals surface area contributed by atoms with Gasteiger partial charge in [0.25, 0.3) is 0 Å². The van der Waals surface area contributed by atoms with Gasteiger partial charge in [0, 0.05) is 11.8 Å². The summed E-state index contributed by atoms with van der Waals surface area (Å²) in [4.78, 5) is 8.12. The van der Waals surface area contributed by atoms with Gasteiger partial charge in [0.2, 0.25) is 5.95 Å². The number of aryl methyl sites for hydroxylation is 2. The van der Waals surface area contributed by atoms with Crippen LogP contribution in [-0.4, -0.2) is 17.1 Å². The Hall–Kier alpha value is -2.10. The summed E-state index contributed by atoms with van der Waals surface area (Å²) in [6.45, 7) is 4.03. The molecule has 4 heteroatoms. The summed E-state index contributed by atoms with van der Waals surface area (Å²) in [6.07, 6.45) is 1.66. The summed E-state index contributed by atoms with van der Waals surface area (Å²) in [6, 6.07) is 5.91. The Morgan fingerprint density at radius 2 is 1.94 bits per heavy atom. The summed E-state index contributed by atoms with van der Waals surface area (Å²) in [5.74, 6) is 1.17. The normalized spacial score (nSPS) is 10.3. The number of hydrogen-bond donors (Lipinski definition) is 1. The maximum atomic E-state index is 5.59. The molecule has 1 aromatic carbocycles. The highest BCUT2D eigenvalue weighted by atomic mass is 16.5. The molecule has 17 heavy (non-hydrogen) atoms. The summed E-state index contributed by atoms with van der Waals surface area (Å²) in [5.41, 5.74) is 9.66. The zero-order valence-corrected chi connectivity index (χ0v) is 10.2. The van der Waals surface area contributed by atoms with Crippen molar-refractivity contribution >= 4 is 5.95 Å². The molecule has 0 radical (unpaired) electrons. The summed E-state index contributed by atoms with van der Waals surface area (Å²) < 4.78 is 5.28. The first kappa shape index (κ1) is 11.4. The summed E-state index contributed by atoms with van der Waals surface area (Å²) in [7, 11) is 1.67. The summed E-state index contributed by atoms with van der Waals surface area (Å²) >= 11 is 0. The van der Waals surface area contributed by atoms with Crippen LogP contribution in [0.25, 0.3) is 11.3 Å². The molecular weight excluding hydrogens is 214 g/mol. The number of nitrogen functional groups attached to an aromatic ring is 1. The molecule has 0 spiro atoms. The van der Waals surface area contributed by atoms with Crippen LogP contribution >= 0.6 is 0 Å². The molecule has 0 aliphatic heterocycles. The van der Waals surface area contributed by atoms with Gasteiger partial charge in [-0.2, -0.15) is 0 Å². The molecule has 88 valence electrons. The quantitative estimate of drug-likeness (QED) is 0.858. The van der Waals surface area contributed by atoms with Gasteiger partial charge in [0.15, 0.2) is 0 Å². The standard InChI is InChI=1S/C13H15N3O/c1-8-7-12(17-3)9(2)6-10(8)11-4-5-15-13(14)16-11/h4-7H,1-3H3,(H2,14,15,16). The number of anilines is 1. The topological polar surface area (TPSA) is 61.0 Å². The first-order valence-electron chi connectivity index (χ1n) is 5.36. The van der Waals surface area contributed by atoms with Crippen molar-refractivity contribution in [3.05, 3.63) is 35.5 Å². The van der Waals surface area contributed by atoms with E-state index in [1.165, 1.54) is 0 Å². The van der Waals surface area contributed by atoms with Crippen molar-refractivity contribution in [3.63, 3.8) is 0 Å². The number of nitrogens with zero attached hydrogens (tertiary/aromatic N) is 2. The fourth-order valence-electron chi connectivity index (χ4n) is 1.81. The fourth-order valence-corrected chi connectivity index (χ4v) is 1.81. The number of ether oxygens (including phenoxy) is 1. The van der Waals surface area contributed by atoms with E-state index in [0.29, 0.717) is 0 Å². The number of hydrogen-bond acceptors (Lipinski definition) is 4. The molecule has 4 nitrogen and oxygen atoms in total. The van der Waals surface area contributed by atoms with Gasteiger partial charge >= 0.3 is 0 Å². The van der Waals surface area contributed by atoms with E-state index in [-0.39, 0.29) is 5.95 Å². The monoisotopic (exact) mass is 229 g/mol. The van der Waals surface area contributed by atoms with Crippen molar-refractivity contribution in [3.8, 4) is 17.0 Å². The lowest BCUT2D eigenvalue weighted by atomic mass is 10.0. The smallest absolute Gasteiger partial charge is 0.220 e. The lowest BCUT2D eigenvalue weighted by molar-refractivity contribution is 0.411. The highest BCUT2D eigenvalue weighted by Crippen LogP contribution is 2.28. The molecule has 1 heterocycles. The maximum absolute atomic E-state index is 5.59. The van der Waals surface area contributed by atoms with E-state index in [0.717, 1.165) is 28.1 Å². The van der Waals surface area contributed by atoms with Crippen LogP contribution in [0.2, 0.25) is 0 Å². The minimum absolute atomic E-state index is 0.287. The molecule has 0 saturated carbocycles. The second kappa shape index (κ2) is 4.41. The van der Waals surface area contributed by atoms with E-state index >= 15 is 0 Å². The fraction of sp³-hybridized carbons (Fsp3) is 0.231. The molecule has 0 unspecified atom stereocenters. The second-order valence-corrected chi connectivity index (χ2v) is 3.94. The van der Waals surface area contributed by atoms with Crippen LogP contribution in [-0.2, 0) is 0 Å². The molecule has 0 fully saturated rings. The Labute approximate surface area is 100 Å². The Balaban J connectivity index is 2.56. The Morgan fingerprint density at radius 1 is 1.18 bits per heavy atom. The van der Waals surface area contributed by atoms with Gasteiger partial charge in [0.05, 0.1) is 12.8 Å². The van der Waals surface area contributed by atoms with Gasteiger partial charge in [-0.25, -0.2) is 9.97 Å². The predicted molar refractivity (Wildman–Crippen MR) is 67.9 cm³/mol. The molecular formula is C13H15N3O. The molecule has 0 aliphatic carbocycles. The Bertz CT molecular complexity index is 552. The van der Waals surface area contributed by atoms with Crippen molar-refractivity contribution in [2.24, 2.45) is 0 Å². The average Bonchev–Trinajstić information content (AvgIpc) is 2.31. The highest BCUT2D eigenvalue weighted by molar-refractivity contribution is 5.66. The first-order valence-corrected chi connectivity index (χ1v) is 5.36. The zero-order chi connectivity index (χ0) is 12.4. The van der Waals surface area contributed by atoms with Crippen LogP contribution in [0, 0.1) is 13.8 Å². The van der Waals surface area contributed by atoms with Gasteiger partial charge in [-0.3, -0.25) is 0 Å². The van der Waals surface area contributed by atoms with Crippen molar-refractivity contribution in [2.45, 2.75) is 13.8 Å². The van der Waals surface area contributed by atoms with Gasteiger partial charge < -0.3 is 10.5 Å². The lowest BCUT2D eigenvalue weighted by Gasteiger charge is -2.10. The molecule has 2 rings (SSSR count). The van der Waals surface area contributed by atoms with E-state index in [1.807, 2.05) is 26.0 Å². The van der Waals surface area contributed by atoms with Crippen LogP contribution in [0.1, 0.15) is 11.1 Å². The van der Waals surface area contributed by atoms with Crippen molar-refractivity contribution < 1.29 is 4.74 Å². The van der Waals surface area contributed by atoms with Crippen LogP contribution in [0.3, 0.4) is 0 Å². The van der Waals surface area contributed by atoms with Gasteiger partial charge in [-0.05, 0) is 43.2 Å². The molecule has 2 aromatic rings. The Morgan fingerprint density at radius 3 is 2.59 bits per heavy atom. The lowest BCUT2D eigenvalue weighted by Crippen LogP contribution is -1.97. The predicted octanol–water partition coefficient (Wildman–Crippen LogP) is 2.35. The second-order valence-electron chi connectivity index (χ2n) is 3.94. The maximum Gasteiger partial charge on any atom is 0.220 e. The third-order valence-electron chi connectivity index (χ3n) is 2.69. The number of nitrogens with two attached hydrogens (primary N) is 1.